The Hall–Kier alpha value is -3.13. The molecule has 0 aliphatic rings. The van der Waals surface area contributed by atoms with Crippen LogP contribution in [0.25, 0.3) is 22.8 Å². The maximum absolute atomic E-state index is 5.82. The number of nitrogens with zero attached hydrogens (tertiary/aromatic N) is 5. The average Bonchev–Trinajstić information content (AvgIpc) is 3.44. The molecule has 0 saturated carbocycles. The van der Waals surface area contributed by atoms with Crippen LogP contribution >= 0.6 is 11.8 Å². The first-order chi connectivity index (χ1) is 14.8. The van der Waals surface area contributed by atoms with Crippen LogP contribution in [0.4, 0.5) is 0 Å². The molecule has 2 aromatic heterocycles. The monoisotopic (exact) mass is 421 g/mol. The molecular formula is C22H23N5O2S. The Bertz CT molecular complexity index is 1080. The van der Waals surface area contributed by atoms with Crippen molar-refractivity contribution < 1.29 is 9.15 Å². The van der Waals surface area contributed by atoms with Gasteiger partial charge in [-0.2, -0.15) is 0 Å². The summed E-state index contributed by atoms with van der Waals surface area (Å²) < 4.78 is 13.2. The fourth-order valence-electron chi connectivity index (χ4n) is 3.00. The molecule has 0 unspecified atom stereocenters. The zero-order valence-corrected chi connectivity index (χ0v) is 17.8. The highest BCUT2D eigenvalue weighted by atomic mass is 32.2. The molecule has 0 amide bonds. The standard InChI is InChI=1S/C22H23N5O2S/c1-3-4-14-27-20(16-10-12-18(28-2)13-11-16)24-26-22(27)30-15-19-23-25-21(29-19)17-8-6-5-7-9-17/h5-13H,3-4,14-15H2,1-2H3. The fraction of sp³-hybridized carbons (Fsp3) is 0.273. The van der Waals surface area contributed by atoms with Gasteiger partial charge in [-0.25, -0.2) is 0 Å². The van der Waals surface area contributed by atoms with Gasteiger partial charge in [0.15, 0.2) is 11.0 Å². The van der Waals surface area contributed by atoms with Crippen molar-refractivity contribution in [1.29, 1.82) is 0 Å². The summed E-state index contributed by atoms with van der Waals surface area (Å²) in [7, 11) is 1.66. The Morgan fingerprint density at radius 3 is 2.47 bits per heavy atom. The van der Waals surface area contributed by atoms with Gasteiger partial charge in [-0.3, -0.25) is 0 Å². The average molecular weight is 422 g/mol. The number of hydrogen-bond donors (Lipinski definition) is 0. The molecule has 0 bridgehead atoms. The number of unbranched alkanes of at least 4 members (excludes halogenated alkanes) is 1. The topological polar surface area (TPSA) is 78.9 Å². The van der Waals surface area contributed by atoms with E-state index in [2.05, 4.69) is 31.9 Å². The van der Waals surface area contributed by atoms with Gasteiger partial charge in [0, 0.05) is 17.7 Å². The molecule has 7 nitrogen and oxygen atoms in total. The zero-order chi connectivity index (χ0) is 20.8. The highest BCUT2D eigenvalue weighted by molar-refractivity contribution is 7.98. The molecule has 8 heteroatoms. The number of rotatable bonds is 9. The van der Waals surface area contributed by atoms with Crippen LogP contribution in [-0.2, 0) is 12.3 Å². The van der Waals surface area contributed by atoms with Crippen LogP contribution in [0.5, 0.6) is 5.75 Å². The SMILES string of the molecule is CCCCn1c(SCc2nnc(-c3ccccc3)o2)nnc1-c1ccc(OC)cc1. The van der Waals surface area contributed by atoms with Crippen molar-refractivity contribution in [3.05, 3.63) is 60.5 Å². The quantitative estimate of drug-likeness (QED) is 0.348. The number of thioether (sulfide) groups is 1. The molecule has 2 aromatic carbocycles. The first-order valence-corrected chi connectivity index (χ1v) is 10.8. The lowest BCUT2D eigenvalue weighted by Crippen LogP contribution is -2.02. The summed E-state index contributed by atoms with van der Waals surface area (Å²) in [4.78, 5) is 0. The minimum atomic E-state index is 0.526. The minimum absolute atomic E-state index is 0.526. The second kappa shape index (κ2) is 9.58. The van der Waals surface area contributed by atoms with Gasteiger partial charge in [-0.05, 0) is 42.8 Å². The van der Waals surface area contributed by atoms with Gasteiger partial charge in [0.25, 0.3) is 0 Å². The van der Waals surface area contributed by atoms with Gasteiger partial charge in [-0.15, -0.1) is 20.4 Å². The summed E-state index contributed by atoms with van der Waals surface area (Å²) in [6, 6.07) is 17.6. The smallest absolute Gasteiger partial charge is 0.247 e. The van der Waals surface area contributed by atoms with Crippen molar-refractivity contribution in [3.63, 3.8) is 0 Å². The Morgan fingerprint density at radius 1 is 0.933 bits per heavy atom. The zero-order valence-electron chi connectivity index (χ0n) is 17.0. The maximum atomic E-state index is 5.82. The molecular weight excluding hydrogens is 398 g/mol. The Morgan fingerprint density at radius 2 is 1.73 bits per heavy atom. The van der Waals surface area contributed by atoms with Crippen molar-refractivity contribution in [2.24, 2.45) is 0 Å². The summed E-state index contributed by atoms with van der Waals surface area (Å²) in [5.74, 6) is 3.29. The predicted octanol–water partition coefficient (Wildman–Crippen LogP) is 5.10. The summed E-state index contributed by atoms with van der Waals surface area (Å²) in [5, 5.41) is 18.0. The Balaban J connectivity index is 1.52. The van der Waals surface area contributed by atoms with Gasteiger partial charge >= 0.3 is 0 Å². The van der Waals surface area contributed by atoms with Gasteiger partial charge in [-0.1, -0.05) is 43.3 Å². The van der Waals surface area contributed by atoms with E-state index in [0.29, 0.717) is 17.5 Å². The number of hydrogen-bond acceptors (Lipinski definition) is 7. The molecule has 0 saturated heterocycles. The molecule has 0 aliphatic heterocycles. The van der Waals surface area contributed by atoms with Crippen LogP contribution < -0.4 is 4.74 Å². The minimum Gasteiger partial charge on any atom is -0.497 e. The van der Waals surface area contributed by atoms with Crippen molar-refractivity contribution in [2.45, 2.75) is 37.2 Å². The second-order valence-corrected chi connectivity index (χ2v) is 7.64. The van der Waals surface area contributed by atoms with Crippen LogP contribution in [0.3, 0.4) is 0 Å². The first kappa shape index (κ1) is 20.2. The Labute approximate surface area is 179 Å². The van der Waals surface area contributed by atoms with E-state index in [1.54, 1.807) is 18.9 Å². The number of methoxy groups -OCH3 is 1. The van der Waals surface area contributed by atoms with E-state index in [1.165, 1.54) is 0 Å². The summed E-state index contributed by atoms with van der Waals surface area (Å²) in [6.07, 6.45) is 2.14. The summed E-state index contributed by atoms with van der Waals surface area (Å²) in [6.45, 7) is 3.03. The van der Waals surface area contributed by atoms with E-state index in [4.69, 9.17) is 9.15 Å². The van der Waals surface area contributed by atoms with Crippen LogP contribution in [0, 0.1) is 0 Å². The largest absolute Gasteiger partial charge is 0.497 e. The van der Waals surface area contributed by atoms with Crippen molar-refractivity contribution >= 4 is 11.8 Å². The predicted molar refractivity (Wildman–Crippen MR) is 116 cm³/mol. The molecule has 4 aromatic rings. The summed E-state index contributed by atoms with van der Waals surface area (Å²) in [5.41, 5.74) is 1.92. The third-order valence-electron chi connectivity index (χ3n) is 4.61. The number of benzene rings is 2. The third kappa shape index (κ3) is 4.54. The van der Waals surface area contributed by atoms with E-state index in [9.17, 15) is 0 Å². The second-order valence-electron chi connectivity index (χ2n) is 6.70. The number of ether oxygens (including phenoxy) is 1. The molecule has 0 spiro atoms. The molecule has 0 radical (unpaired) electrons. The molecule has 0 atom stereocenters. The highest BCUT2D eigenvalue weighted by Gasteiger charge is 2.16. The molecule has 2 heterocycles. The van der Waals surface area contributed by atoms with Crippen molar-refractivity contribution in [1.82, 2.24) is 25.0 Å². The highest BCUT2D eigenvalue weighted by Crippen LogP contribution is 2.28. The van der Waals surface area contributed by atoms with Crippen molar-refractivity contribution in [3.8, 4) is 28.6 Å². The normalized spacial score (nSPS) is 11.0. The van der Waals surface area contributed by atoms with E-state index in [-0.39, 0.29) is 0 Å². The number of aromatic nitrogens is 5. The van der Waals surface area contributed by atoms with Crippen LogP contribution in [0.1, 0.15) is 25.7 Å². The lowest BCUT2D eigenvalue weighted by molar-refractivity contribution is 0.415. The maximum Gasteiger partial charge on any atom is 0.247 e. The molecule has 0 fully saturated rings. The molecule has 0 aliphatic carbocycles. The van der Waals surface area contributed by atoms with Gasteiger partial charge < -0.3 is 13.7 Å². The van der Waals surface area contributed by atoms with Gasteiger partial charge in [0.05, 0.1) is 12.9 Å². The van der Waals surface area contributed by atoms with E-state index >= 15 is 0 Å². The van der Waals surface area contributed by atoms with Crippen LogP contribution in [0.15, 0.2) is 64.2 Å². The van der Waals surface area contributed by atoms with Gasteiger partial charge in [0.2, 0.25) is 11.8 Å². The Kier molecular flexibility index (Phi) is 6.44. The molecule has 4 rings (SSSR count). The lowest BCUT2D eigenvalue weighted by atomic mass is 10.2. The van der Waals surface area contributed by atoms with E-state index in [1.807, 2.05) is 54.6 Å². The summed E-state index contributed by atoms with van der Waals surface area (Å²) >= 11 is 1.55. The van der Waals surface area contributed by atoms with Crippen LogP contribution in [0.2, 0.25) is 0 Å². The molecule has 0 N–H and O–H groups in total. The lowest BCUT2D eigenvalue weighted by Gasteiger charge is -2.09. The molecule has 154 valence electrons. The third-order valence-corrected chi connectivity index (χ3v) is 5.56. The van der Waals surface area contributed by atoms with Gasteiger partial charge in [0.1, 0.15) is 5.75 Å². The molecule has 30 heavy (non-hydrogen) atoms. The van der Waals surface area contributed by atoms with E-state index < -0.39 is 0 Å². The van der Waals surface area contributed by atoms with Crippen molar-refractivity contribution in [2.75, 3.05) is 7.11 Å². The van der Waals surface area contributed by atoms with E-state index in [0.717, 1.165) is 47.2 Å². The fourth-order valence-corrected chi connectivity index (χ4v) is 3.80. The first-order valence-electron chi connectivity index (χ1n) is 9.86. The van der Waals surface area contributed by atoms with Crippen LogP contribution in [-0.4, -0.2) is 32.1 Å².